The molecule has 0 aliphatic carbocycles. The number of rotatable bonds is 6. The van der Waals surface area contributed by atoms with Crippen LogP contribution >= 0.6 is 12.2 Å². The fourth-order valence-electron chi connectivity index (χ4n) is 5.92. The number of nitrogens with zero attached hydrogens (tertiary/aromatic N) is 3. The summed E-state index contributed by atoms with van der Waals surface area (Å²) in [6, 6.07) is 28.3. The van der Waals surface area contributed by atoms with Crippen LogP contribution in [0.5, 0.6) is 0 Å². The number of pyridine rings is 1. The Morgan fingerprint density at radius 1 is 0.927 bits per heavy atom. The first kappa shape index (κ1) is 27.0. The van der Waals surface area contributed by atoms with Crippen LogP contribution in [0.25, 0.3) is 16.5 Å². The quantitative estimate of drug-likeness (QED) is 0.223. The molecule has 2 aromatic heterocycles. The van der Waals surface area contributed by atoms with E-state index in [1.165, 1.54) is 10.8 Å². The number of hydrogen-bond acceptors (Lipinski definition) is 4. The minimum Gasteiger partial charge on any atom is -0.351 e. The monoisotopic (exact) mass is 581 g/mol. The summed E-state index contributed by atoms with van der Waals surface area (Å²) >= 11 is 5.95. The second kappa shape index (κ2) is 10.3. The third-order valence-electron chi connectivity index (χ3n) is 7.68. The first-order chi connectivity index (χ1) is 19.6. The molecule has 1 aliphatic rings. The van der Waals surface area contributed by atoms with Crippen molar-refractivity contribution < 1.29 is 8.42 Å². The van der Waals surface area contributed by atoms with Gasteiger partial charge in [0.1, 0.15) is 0 Å². The summed E-state index contributed by atoms with van der Waals surface area (Å²) in [4.78, 5) is 6.82. The number of anilines is 2. The third kappa shape index (κ3) is 4.96. The van der Waals surface area contributed by atoms with Gasteiger partial charge in [0.2, 0.25) is 10.0 Å². The van der Waals surface area contributed by atoms with E-state index in [1.54, 1.807) is 12.3 Å². The van der Waals surface area contributed by atoms with Crippen LogP contribution in [0.2, 0.25) is 0 Å². The molecule has 208 valence electrons. The molecule has 1 fully saturated rings. The second-order valence-corrected chi connectivity index (χ2v) is 12.7. The minimum atomic E-state index is -3.40. The van der Waals surface area contributed by atoms with E-state index in [9.17, 15) is 8.42 Å². The van der Waals surface area contributed by atoms with Gasteiger partial charge in [0.05, 0.1) is 35.4 Å². The average Bonchev–Trinajstić information content (AvgIpc) is 3.44. The molecule has 0 unspecified atom stereocenters. The van der Waals surface area contributed by atoms with Gasteiger partial charge in [0.15, 0.2) is 5.11 Å². The Balaban J connectivity index is 1.51. The van der Waals surface area contributed by atoms with Crippen LogP contribution < -0.4 is 14.9 Å². The van der Waals surface area contributed by atoms with Crippen molar-refractivity contribution in [3.05, 3.63) is 119 Å². The van der Waals surface area contributed by atoms with E-state index in [0.29, 0.717) is 10.8 Å². The Morgan fingerprint density at radius 3 is 2.41 bits per heavy atom. The number of fused-ring (bicyclic) bond motifs is 1. The number of aryl methyl sites for hydroxylation is 2. The number of benzene rings is 3. The molecule has 9 heteroatoms. The van der Waals surface area contributed by atoms with Crippen molar-refractivity contribution in [2.45, 2.75) is 32.9 Å². The van der Waals surface area contributed by atoms with Crippen molar-refractivity contribution in [3.63, 3.8) is 0 Å². The summed E-state index contributed by atoms with van der Waals surface area (Å²) in [7, 11) is -3.40. The lowest BCUT2D eigenvalue weighted by atomic mass is 9.96. The fraction of sp³-hybridized carbons (Fsp3) is 0.188. The Morgan fingerprint density at radius 2 is 1.68 bits per heavy atom. The van der Waals surface area contributed by atoms with E-state index >= 15 is 0 Å². The van der Waals surface area contributed by atoms with Gasteiger partial charge in [-0.05, 0) is 92.0 Å². The molecule has 6 rings (SSSR count). The molecule has 0 radical (unpaired) electrons. The van der Waals surface area contributed by atoms with Crippen LogP contribution in [0.3, 0.4) is 0 Å². The molecule has 0 bridgehead atoms. The van der Waals surface area contributed by atoms with Gasteiger partial charge in [-0.3, -0.25) is 9.71 Å². The average molecular weight is 582 g/mol. The highest BCUT2D eigenvalue weighted by Gasteiger charge is 2.42. The Labute approximate surface area is 245 Å². The lowest BCUT2D eigenvalue weighted by molar-refractivity contribution is 0.565. The summed E-state index contributed by atoms with van der Waals surface area (Å²) in [5, 5.41) is 6.50. The van der Waals surface area contributed by atoms with Crippen molar-refractivity contribution >= 4 is 49.5 Å². The lowest BCUT2D eigenvalue weighted by Crippen LogP contribution is -2.29. The van der Waals surface area contributed by atoms with Gasteiger partial charge in [0.25, 0.3) is 0 Å². The second-order valence-electron chi connectivity index (χ2n) is 10.5. The number of thiocarbonyl (C=S) groups is 1. The summed E-state index contributed by atoms with van der Waals surface area (Å²) < 4.78 is 28.7. The largest absolute Gasteiger partial charge is 0.351 e. The molecule has 3 aromatic carbocycles. The van der Waals surface area contributed by atoms with Gasteiger partial charge in [-0.25, -0.2) is 8.42 Å². The van der Waals surface area contributed by atoms with Gasteiger partial charge in [-0.1, -0.05) is 42.5 Å². The number of sulfonamides is 1. The molecule has 1 saturated heterocycles. The van der Waals surface area contributed by atoms with Gasteiger partial charge in [0, 0.05) is 28.7 Å². The normalized spacial score (nSPS) is 17.2. The maximum absolute atomic E-state index is 11.9. The minimum absolute atomic E-state index is 0.194. The lowest BCUT2D eigenvalue weighted by Gasteiger charge is -2.29. The molecule has 5 aromatic rings. The summed E-state index contributed by atoms with van der Waals surface area (Å²) in [6.07, 6.45) is 2.95. The molecule has 0 amide bonds. The van der Waals surface area contributed by atoms with Crippen LogP contribution in [-0.4, -0.2) is 29.3 Å². The summed E-state index contributed by atoms with van der Waals surface area (Å²) in [5.74, 6) is 0. The molecule has 2 atom stereocenters. The highest BCUT2D eigenvalue weighted by molar-refractivity contribution is 7.92. The SMILES string of the molecule is Cc1cc(N2C(=S)N[C@H](c3ccccn3)[C@H]2c2cc(C)n(-c3cccc4ccccc34)c2C)ccc1NS(C)(=O)=O. The van der Waals surface area contributed by atoms with Crippen LogP contribution in [0.4, 0.5) is 11.4 Å². The molecule has 0 saturated carbocycles. The van der Waals surface area contributed by atoms with E-state index in [1.807, 2.05) is 37.3 Å². The zero-order valence-electron chi connectivity index (χ0n) is 23.3. The van der Waals surface area contributed by atoms with Crippen molar-refractivity contribution in [3.8, 4) is 5.69 Å². The molecule has 2 N–H and O–H groups in total. The maximum atomic E-state index is 11.9. The molecule has 1 aliphatic heterocycles. The highest BCUT2D eigenvalue weighted by Crippen LogP contribution is 2.44. The van der Waals surface area contributed by atoms with Crippen molar-refractivity contribution in [2.75, 3.05) is 15.9 Å². The smallest absolute Gasteiger partial charge is 0.229 e. The van der Waals surface area contributed by atoms with Gasteiger partial charge < -0.3 is 14.8 Å². The van der Waals surface area contributed by atoms with E-state index in [2.05, 4.69) is 81.9 Å². The third-order valence-corrected chi connectivity index (χ3v) is 8.58. The molecule has 3 heterocycles. The standard InChI is InChI=1S/C32H31N5O2S2/c1-20-18-24(15-16-27(20)35-41(4,38)39)37-31(30(34-32(37)40)28-13-7-8-17-33-28)26-19-21(2)36(22(26)3)29-14-9-11-23-10-5-6-12-25(23)29/h5-19,30-31,35H,1-4H3,(H,34,40)/t30-,31-/m1/s1. The number of aromatic nitrogens is 2. The first-order valence-electron chi connectivity index (χ1n) is 13.4. The number of nitrogens with one attached hydrogen (secondary N) is 2. The van der Waals surface area contributed by atoms with Crippen molar-refractivity contribution in [1.82, 2.24) is 14.9 Å². The number of hydrogen-bond donors (Lipinski definition) is 2. The van der Waals surface area contributed by atoms with Crippen LogP contribution in [0, 0.1) is 20.8 Å². The van der Waals surface area contributed by atoms with E-state index < -0.39 is 10.0 Å². The zero-order chi connectivity index (χ0) is 28.9. The fourth-order valence-corrected chi connectivity index (χ4v) is 6.90. The van der Waals surface area contributed by atoms with E-state index in [-0.39, 0.29) is 12.1 Å². The summed E-state index contributed by atoms with van der Waals surface area (Å²) in [6.45, 7) is 6.18. The van der Waals surface area contributed by atoms with Crippen LogP contribution in [0.15, 0.2) is 91.1 Å². The maximum Gasteiger partial charge on any atom is 0.229 e. The van der Waals surface area contributed by atoms with Crippen LogP contribution in [0.1, 0.15) is 40.3 Å². The highest BCUT2D eigenvalue weighted by atomic mass is 32.2. The predicted molar refractivity (Wildman–Crippen MR) is 170 cm³/mol. The van der Waals surface area contributed by atoms with Gasteiger partial charge in [-0.2, -0.15) is 0 Å². The van der Waals surface area contributed by atoms with E-state index in [4.69, 9.17) is 17.2 Å². The molecular weight excluding hydrogens is 551 g/mol. The molecular formula is C32H31N5O2S2. The van der Waals surface area contributed by atoms with E-state index in [0.717, 1.165) is 45.8 Å². The first-order valence-corrected chi connectivity index (χ1v) is 15.7. The van der Waals surface area contributed by atoms with Crippen LogP contribution in [-0.2, 0) is 10.0 Å². The Hall–Kier alpha value is -4.21. The Bertz CT molecular complexity index is 1900. The molecule has 41 heavy (non-hydrogen) atoms. The Kier molecular flexibility index (Phi) is 6.79. The zero-order valence-corrected chi connectivity index (χ0v) is 24.9. The summed E-state index contributed by atoms with van der Waals surface area (Å²) in [5.41, 5.74) is 7.61. The van der Waals surface area contributed by atoms with Crippen molar-refractivity contribution in [1.29, 1.82) is 0 Å². The van der Waals surface area contributed by atoms with Gasteiger partial charge >= 0.3 is 0 Å². The molecule has 0 spiro atoms. The van der Waals surface area contributed by atoms with Crippen molar-refractivity contribution in [2.24, 2.45) is 0 Å². The topological polar surface area (TPSA) is 79.3 Å². The molecule has 7 nitrogen and oxygen atoms in total. The van der Waals surface area contributed by atoms with Gasteiger partial charge in [-0.15, -0.1) is 0 Å². The predicted octanol–water partition coefficient (Wildman–Crippen LogP) is 6.50.